The van der Waals surface area contributed by atoms with Crippen molar-refractivity contribution in [3.05, 3.63) is 71.3 Å². The van der Waals surface area contributed by atoms with Crippen molar-refractivity contribution in [3.63, 3.8) is 0 Å². The Morgan fingerprint density at radius 1 is 0.806 bits per heavy atom. The summed E-state index contributed by atoms with van der Waals surface area (Å²) in [6.45, 7) is 4.27. The number of piperidine rings is 1. The molecule has 0 aromatic heterocycles. The Balaban J connectivity index is 1.25. The minimum absolute atomic E-state index is 0.00835. The van der Waals surface area contributed by atoms with Crippen molar-refractivity contribution in [2.24, 2.45) is 5.92 Å². The Labute approximate surface area is 188 Å². The summed E-state index contributed by atoms with van der Waals surface area (Å²) in [6.07, 6.45) is 4.94. The van der Waals surface area contributed by atoms with E-state index in [1.54, 1.807) is 6.08 Å². The molecule has 2 aromatic carbocycles. The zero-order valence-corrected chi connectivity index (χ0v) is 18.4. The van der Waals surface area contributed by atoms with Gasteiger partial charge in [0.05, 0.1) is 10.7 Å². The van der Waals surface area contributed by atoms with Gasteiger partial charge >= 0.3 is 0 Å². The Hall–Kier alpha value is -2.79. The van der Waals surface area contributed by atoms with Crippen molar-refractivity contribution < 1.29 is 9.59 Å². The number of halogens is 1. The molecular formula is C25H28ClN3O2. The summed E-state index contributed by atoms with van der Waals surface area (Å²) >= 11 is 6.32. The maximum absolute atomic E-state index is 13.0. The molecule has 31 heavy (non-hydrogen) atoms. The van der Waals surface area contributed by atoms with Crippen LogP contribution < -0.4 is 4.90 Å². The molecular weight excluding hydrogens is 410 g/mol. The van der Waals surface area contributed by atoms with Crippen LogP contribution in [0.15, 0.2) is 60.7 Å². The van der Waals surface area contributed by atoms with Crippen LogP contribution in [0.2, 0.25) is 5.02 Å². The summed E-state index contributed by atoms with van der Waals surface area (Å²) in [6, 6.07) is 17.7. The number of likely N-dealkylation sites (tertiary alicyclic amines) is 1. The van der Waals surface area contributed by atoms with Crippen LogP contribution in [-0.2, 0) is 9.59 Å². The van der Waals surface area contributed by atoms with Gasteiger partial charge in [0, 0.05) is 51.3 Å². The molecule has 0 saturated carbocycles. The first-order chi connectivity index (χ1) is 15.1. The number of hydrogen-bond donors (Lipinski definition) is 0. The van der Waals surface area contributed by atoms with Crippen LogP contribution in [0, 0.1) is 5.92 Å². The van der Waals surface area contributed by atoms with Gasteiger partial charge in [-0.1, -0.05) is 54.1 Å². The smallest absolute Gasteiger partial charge is 0.246 e. The third-order valence-electron chi connectivity index (χ3n) is 6.16. The summed E-state index contributed by atoms with van der Waals surface area (Å²) in [7, 11) is 0. The minimum atomic E-state index is 0.00835. The molecule has 2 amide bonds. The zero-order chi connectivity index (χ0) is 21.6. The van der Waals surface area contributed by atoms with Gasteiger partial charge in [0.25, 0.3) is 0 Å². The number of carbonyl (C=O) groups excluding carboxylic acids is 2. The van der Waals surface area contributed by atoms with Crippen LogP contribution in [0.25, 0.3) is 6.08 Å². The number of hydrogen-bond acceptors (Lipinski definition) is 3. The van der Waals surface area contributed by atoms with Gasteiger partial charge in [-0.25, -0.2) is 0 Å². The van der Waals surface area contributed by atoms with E-state index in [4.69, 9.17) is 11.6 Å². The molecule has 2 heterocycles. The van der Waals surface area contributed by atoms with E-state index in [0.29, 0.717) is 26.2 Å². The summed E-state index contributed by atoms with van der Waals surface area (Å²) in [5.41, 5.74) is 2.04. The average Bonchev–Trinajstić information content (AvgIpc) is 2.83. The number of anilines is 1. The first-order valence-electron chi connectivity index (χ1n) is 10.9. The number of benzene rings is 2. The van der Waals surface area contributed by atoms with Gasteiger partial charge in [-0.3, -0.25) is 9.59 Å². The standard InChI is InChI=1S/C25H28ClN3O2/c26-22-8-4-5-9-23(22)27-16-18-29(19-17-27)25(31)21-12-14-28(15-13-21)24(30)11-10-20-6-2-1-3-7-20/h1-11,21H,12-19H2/b11-10+. The zero-order valence-electron chi connectivity index (χ0n) is 17.6. The molecule has 2 saturated heterocycles. The van der Waals surface area contributed by atoms with Crippen molar-refractivity contribution >= 4 is 35.2 Å². The Morgan fingerprint density at radius 2 is 1.45 bits per heavy atom. The van der Waals surface area contributed by atoms with Crippen LogP contribution in [0.4, 0.5) is 5.69 Å². The van der Waals surface area contributed by atoms with E-state index in [1.807, 2.05) is 70.5 Å². The van der Waals surface area contributed by atoms with Crippen molar-refractivity contribution in [3.8, 4) is 0 Å². The maximum atomic E-state index is 13.0. The van der Waals surface area contributed by atoms with E-state index in [-0.39, 0.29) is 17.7 Å². The molecule has 2 fully saturated rings. The molecule has 0 spiro atoms. The van der Waals surface area contributed by atoms with Crippen molar-refractivity contribution in [1.29, 1.82) is 0 Å². The third kappa shape index (κ3) is 5.28. The Bertz CT molecular complexity index is 931. The van der Waals surface area contributed by atoms with Crippen LogP contribution >= 0.6 is 11.6 Å². The molecule has 2 aliphatic rings. The number of para-hydroxylation sites is 1. The minimum Gasteiger partial charge on any atom is -0.367 e. The summed E-state index contributed by atoms with van der Waals surface area (Å²) < 4.78 is 0. The van der Waals surface area contributed by atoms with Gasteiger partial charge in [0.2, 0.25) is 11.8 Å². The highest BCUT2D eigenvalue weighted by Crippen LogP contribution is 2.27. The fourth-order valence-electron chi connectivity index (χ4n) is 4.32. The SMILES string of the molecule is O=C(/C=C/c1ccccc1)N1CCC(C(=O)N2CCN(c3ccccc3Cl)CC2)CC1. The lowest BCUT2D eigenvalue weighted by Gasteiger charge is -2.39. The van der Waals surface area contributed by atoms with Crippen molar-refractivity contribution in [2.45, 2.75) is 12.8 Å². The van der Waals surface area contributed by atoms with Gasteiger partial charge < -0.3 is 14.7 Å². The molecule has 0 bridgehead atoms. The fourth-order valence-corrected chi connectivity index (χ4v) is 4.57. The second kappa shape index (κ2) is 10.0. The lowest BCUT2D eigenvalue weighted by Crippen LogP contribution is -2.52. The van der Waals surface area contributed by atoms with Crippen molar-refractivity contribution in [2.75, 3.05) is 44.2 Å². The topological polar surface area (TPSA) is 43.9 Å². The predicted octanol–water partition coefficient (Wildman–Crippen LogP) is 3.94. The van der Waals surface area contributed by atoms with E-state index in [1.165, 1.54) is 0 Å². The average molecular weight is 438 g/mol. The first-order valence-corrected chi connectivity index (χ1v) is 11.3. The Kier molecular flexibility index (Phi) is 6.92. The molecule has 0 unspecified atom stereocenters. The maximum Gasteiger partial charge on any atom is 0.246 e. The molecule has 0 atom stereocenters. The normalized spacial score (nSPS) is 17.9. The van der Waals surface area contributed by atoms with E-state index < -0.39 is 0 Å². The van der Waals surface area contributed by atoms with Crippen LogP contribution in [0.3, 0.4) is 0 Å². The summed E-state index contributed by atoms with van der Waals surface area (Å²) in [5, 5.41) is 0.751. The van der Waals surface area contributed by atoms with Crippen molar-refractivity contribution in [1.82, 2.24) is 9.80 Å². The van der Waals surface area contributed by atoms with Crippen LogP contribution in [-0.4, -0.2) is 60.9 Å². The van der Waals surface area contributed by atoms with E-state index in [0.717, 1.165) is 42.2 Å². The molecule has 0 radical (unpaired) electrons. The monoisotopic (exact) mass is 437 g/mol. The molecule has 5 nitrogen and oxygen atoms in total. The lowest BCUT2D eigenvalue weighted by atomic mass is 9.95. The number of nitrogens with zero attached hydrogens (tertiary/aromatic N) is 3. The molecule has 2 aromatic rings. The molecule has 4 rings (SSSR count). The molecule has 2 aliphatic heterocycles. The Morgan fingerprint density at radius 3 is 2.13 bits per heavy atom. The second-order valence-corrected chi connectivity index (χ2v) is 8.51. The quantitative estimate of drug-likeness (QED) is 0.680. The number of piperazine rings is 1. The van der Waals surface area contributed by atoms with E-state index >= 15 is 0 Å². The number of rotatable bonds is 4. The fraction of sp³-hybridized carbons (Fsp3) is 0.360. The van der Waals surface area contributed by atoms with Gasteiger partial charge in [-0.2, -0.15) is 0 Å². The van der Waals surface area contributed by atoms with E-state index in [9.17, 15) is 9.59 Å². The number of amides is 2. The highest BCUT2D eigenvalue weighted by Gasteiger charge is 2.31. The predicted molar refractivity (Wildman–Crippen MR) is 125 cm³/mol. The first kappa shape index (κ1) is 21.4. The molecule has 162 valence electrons. The molecule has 0 N–H and O–H groups in total. The highest BCUT2D eigenvalue weighted by atomic mass is 35.5. The molecule has 6 heteroatoms. The third-order valence-corrected chi connectivity index (χ3v) is 6.48. The summed E-state index contributed by atoms with van der Waals surface area (Å²) in [5.74, 6) is 0.253. The summed E-state index contributed by atoms with van der Waals surface area (Å²) in [4.78, 5) is 31.6. The number of carbonyl (C=O) groups is 2. The largest absolute Gasteiger partial charge is 0.367 e. The van der Waals surface area contributed by atoms with E-state index in [2.05, 4.69) is 4.90 Å². The van der Waals surface area contributed by atoms with Crippen LogP contribution in [0.1, 0.15) is 18.4 Å². The highest BCUT2D eigenvalue weighted by molar-refractivity contribution is 6.33. The van der Waals surface area contributed by atoms with Crippen LogP contribution in [0.5, 0.6) is 0 Å². The lowest BCUT2D eigenvalue weighted by molar-refractivity contribution is -0.139. The van der Waals surface area contributed by atoms with Gasteiger partial charge in [-0.05, 0) is 36.6 Å². The second-order valence-electron chi connectivity index (χ2n) is 8.11. The van der Waals surface area contributed by atoms with Gasteiger partial charge in [-0.15, -0.1) is 0 Å². The molecule has 0 aliphatic carbocycles. The van der Waals surface area contributed by atoms with Gasteiger partial charge in [0.1, 0.15) is 0 Å². The van der Waals surface area contributed by atoms with Gasteiger partial charge in [0.15, 0.2) is 0 Å².